The Balaban J connectivity index is 1.78. The van der Waals surface area contributed by atoms with Gasteiger partial charge in [0.25, 0.3) is 0 Å². The SMILES string of the molecule is CCn1nc(C)c(Cl)c1CC(NN)C1CC2CCC1C2. The van der Waals surface area contributed by atoms with Crippen LogP contribution in [-0.4, -0.2) is 15.8 Å². The van der Waals surface area contributed by atoms with Gasteiger partial charge in [0, 0.05) is 19.0 Å². The largest absolute Gasteiger partial charge is 0.271 e. The lowest BCUT2D eigenvalue weighted by Gasteiger charge is -2.30. The molecule has 3 rings (SSSR count). The van der Waals surface area contributed by atoms with Crippen LogP contribution >= 0.6 is 11.6 Å². The van der Waals surface area contributed by atoms with E-state index in [1.54, 1.807) is 0 Å². The number of halogens is 1. The van der Waals surface area contributed by atoms with Gasteiger partial charge in [-0.3, -0.25) is 16.0 Å². The average Bonchev–Trinajstić information content (AvgIpc) is 3.13. The highest BCUT2D eigenvalue weighted by atomic mass is 35.5. The number of nitrogens with two attached hydrogens (primary N) is 1. The molecule has 2 fully saturated rings. The Kier molecular flexibility index (Phi) is 4.07. The molecule has 0 aliphatic heterocycles. The van der Waals surface area contributed by atoms with Crippen LogP contribution in [0.4, 0.5) is 0 Å². The minimum Gasteiger partial charge on any atom is -0.271 e. The third-order valence-electron chi connectivity index (χ3n) is 5.39. The smallest absolute Gasteiger partial charge is 0.0847 e. The summed E-state index contributed by atoms with van der Waals surface area (Å²) in [4.78, 5) is 0. The van der Waals surface area contributed by atoms with Gasteiger partial charge in [-0.05, 0) is 50.9 Å². The van der Waals surface area contributed by atoms with Gasteiger partial charge in [0.1, 0.15) is 0 Å². The third-order valence-corrected chi connectivity index (χ3v) is 5.88. The lowest BCUT2D eigenvalue weighted by atomic mass is 9.82. The predicted molar refractivity (Wildman–Crippen MR) is 81.4 cm³/mol. The van der Waals surface area contributed by atoms with Crippen LogP contribution in [0.15, 0.2) is 0 Å². The summed E-state index contributed by atoms with van der Waals surface area (Å²) < 4.78 is 2.02. The van der Waals surface area contributed by atoms with Gasteiger partial charge in [0.2, 0.25) is 0 Å². The van der Waals surface area contributed by atoms with Crippen LogP contribution in [0.1, 0.15) is 44.0 Å². The predicted octanol–water partition coefficient (Wildman–Crippen LogP) is 2.68. The van der Waals surface area contributed by atoms with E-state index in [-0.39, 0.29) is 0 Å². The second-order valence-corrected chi connectivity index (χ2v) is 6.86. The molecule has 1 aromatic heterocycles. The number of hydrogen-bond acceptors (Lipinski definition) is 3. The van der Waals surface area contributed by atoms with Crippen LogP contribution in [0.25, 0.3) is 0 Å². The van der Waals surface area contributed by atoms with Crippen LogP contribution in [0.2, 0.25) is 5.02 Å². The molecule has 20 heavy (non-hydrogen) atoms. The summed E-state index contributed by atoms with van der Waals surface area (Å²) in [5, 5.41) is 5.32. The summed E-state index contributed by atoms with van der Waals surface area (Å²) >= 11 is 6.43. The minimum atomic E-state index is 0.323. The topological polar surface area (TPSA) is 55.9 Å². The summed E-state index contributed by atoms with van der Waals surface area (Å²) in [5.74, 6) is 8.36. The molecule has 2 bridgehead atoms. The standard InChI is InChI=1S/C15H25ClN4/c1-3-20-14(15(16)9(2)19-20)8-13(18-17)12-7-10-4-5-11(12)6-10/h10-13,18H,3-8,17H2,1-2H3. The van der Waals surface area contributed by atoms with Gasteiger partial charge in [-0.15, -0.1) is 0 Å². The first kappa shape index (κ1) is 14.4. The first-order valence-electron chi connectivity index (χ1n) is 7.81. The molecule has 2 aliphatic rings. The maximum atomic E-state index is 6.43. The highest BCUT2D eigenvalue weighted by Gasteiger charge is 2.43. The number of hydrogen-bond donors (Lipinski definition) is 2. The lowest BCUT2D eigenvalue weighted by molar-refractivity contribution is 0.245. The molecular formula is C15H25ClN4. The second kappa shape index (κ2) is 5.66. The van der Waals surface area contributed by atoms with E-state index >= 15 is 0 Å². The number of nitrogens with one attached hydrogen (secondary N) is 1. The Hall–Kier alpha value is -0.580. The van der Waals surface area contributed by atoms with Gasteiger partial charge < -0.3 is 0 Å². The molecule has 1 heterocycles. The van der Waals surface area contributed by atoms with Crippen molar-refractivity contribution >= 4 is 11.6 Å². The van der Waals surface area contributed by atoms with Crippen LogP contribution in [-0.2, 0) is 13.0 Å². The molecule has 0 aromatic carbocycles. The first-order chi connectivity index (χ1) is 9.63. The molecule has 2 aliphatic carbocycles. The van der Waals surface area contributed by atoms with E-state index in [1.165, 1.54) is 25.7 Å². The molecule has 0 saturated heterocycles. The van der Waals surface area contributed by atoms with Crippen molar-refractivity contribution in [3.05, 3.63) is 16.4 Å². The fraction of sp³-hybridized carbons (Fsp3) is 0.800. The normalized spacial score (nSPS) is 30.1. The molecule has 0 radical (unpaired) electrons. The van der Waals surface area contributed by atoms with Gasteiger partial charge in [-0.1, -0.05) is 18.0 Å². The van der Waals surface area contributed by atoms with Gasteiger partial charge in [0.05, 0.1) is 16.4 Å². The van der Waals surface area contributed by atoms with Gasteiger partial charge in [-0.2, -0.15) is 5.10 Å². The maximum absolute atomic E-state index is 6.43. The highest BCUT2D eigenvalue weighted by molar-refractivity contribution is 6.31. The Morgan fingerprint density at radius 3 is 2.80 bits per heavy atom. The lowest BCUT2D eigenvalue weighted by Crippen LogP contribution is -2.44. The highest BCUT2D eigenvalue weighted by Crippen LogP contribution is 2.49. The second-order valence-electron chi connectivity index (χ2n) is 6.48. The number of fused-ring (bicyclic) bond motifs is 2. The molecule has 4 nitrogen and oxygen atoms in total. The number of aromatic nitrogens is 2. The summed E-state index contributed by atoms with van der Waals surface area (Å²) in [6.45, 7) is 4.94. The van der Waals surface area contributed by atoms with E-state index < -0.39 is 0 Å². The number of nitrogens with zero attached hydrogens (tertiary/aromatic N) is 2. The Morgan fingerprint density at radius 2 is 2.25 bits per heavy atom. The molecule has 1 aromatic rings. The molecular weight excluding hydrogens is 272 g/mol. The first-order valence-corrected chi connectivity index (χ1v) is 8.19. The Bertz CT molecular complexity index is 484. The monoisotopic (exact) mass is 296 g/mol. The Morgan fingerprint density at radius 1 is 1.45 bits per heavy atom. The Labute approximate surface area is 126 Å². The molecule has 3 N–H and O–H groups in total. The van der Waals surface area contributed by atoms with E-state index in [1.807, 2.05) is 11.6 Å². The van der Waals surface area contributed by atoms with E-state index in [2.05, 4.69) is 17.4 Å². The van der Waals surface area contributed by atoms with Crippen molar-refractivity contribution in [3.63, 3.8) is 0 Å². The zero-order valence-electron chi connectivity index (χ0n) is 12.4. The van der Waals surface area contributed by atoms with Crippen molar-refractivity contribution in [1.29, 1.82) is 0 Å². The molecule has 4 unspecified atom stereocenters. The summed E-state index contributed by atoms with van der Waals surface area (Å²) in [6.07, 6.45) is 6.43. The van der Waals surface area contributed by atoms with Crippen molar-refractivity contribution in [2.75, 3.05) is 0 Å². The van der Waals surface area contributed by atoms with Crippen LogP contribution in [0.5, 0.6) is 0 Å². The van der Waals surface area contributed by atoms with Crippen molar-refractivity contribution < 1.29 is 0 Å². The fourth-order valence-electron chi connectivity index (χ4n) is 4.39. The molecule has 0 spiro atoms. The molecule has 2 saturated carbocycles. The summed E-state index contributed by atoms with van der Waals surface area (Å²) in [6, 6.07) is 0.323. The summed E-state index contributed by atoms with van der Waals surface area (Å²) in [5.41, 5.74) is 5.13. The number of aryl methyl sites for hydroxylation is 2. The van der Waals surface area contributed by atoms with Gasteiger partial charge in [-0.25, -0.2) is 0 Å². The van der Waals surface area contributed by atoms with Gasteiger partial charge in [0.15, 0.2) is 0 Å². The van der Waals surface area contributed by atoms with E-state index in [0.29, 0.717) is 12.0 Å². The zero-order valence-corrected chi connectivity index (χ0v) is 13.2. The van der Waals surface area contributed by atoms with Crippen LogP contribution < -0.4 is 11.3 Å². The van der Waals surface area contributed by atoms with Crippen molar-refractivity contribution in [1.82, 2.24) is 15.2 Å². The van der Waals surface area contributed by atoms with E-state index in [9.17, 15) is 0 Å². The van der Waals surface area contributed by atoms with Crippen LogP contribution in [0.3, 0.4) is 0 Å². The van der Waals surface area contributed by atoms with Crippen molar-refractivity contribution in [2.45, 2.75) is 58.5 Å². The average molecular weight is 297 g/mol. The van der Waals surface area contributed by atoms with Gasteiger partial charge >= 0.3 is 0 Å². The molecule has 5 heteroatoms. The summed E-state index contributed by atoms with van der Waals surface area (Å²) in [7, 11) is 0. The molecule has 0 amide bonds. The van der Waals surface area contributed by atoms with E-state index in [0.717, 1.165) is 41.2 Å². The fourth-order valence-corrected chi connectivity index (χ4v) is 4.61. The number of rotatable bonds is 5. The van der Waals surface area contributed by atoms with Crippen molar-refractivity contribution in [2.24, 2.45) is 23.6 Å². The maximum Gasteiger partial charge on any atom is 0.0847 e. The molecule has 112 valence electrons. The zero-order chi connectivity index (χ0) is 14.3. The third kappa shape index (κ3) is 2.38. The van der Waals surface area contributed by atoms with Crippen LogP contribution in [0, 0.1) is 24.7 Å². The van der Waals surface area contributed by atoms with E-state index in [4.69, 9.17) is 17.4 Å². The van der Waals surface area contributed by atoms with Crippen molar-refractivity contribution in [3.8, 4) is 0 Å². The molecule has 4 atom stereocenters. The quantitative estimate of drug-likeness (QED) is 0.649. The number of hydrazine groups is 1. The minimum absolute atomic E-state index is 0.323.